The molecule has 0 aliphatic heterocycles. The number of hydrogen-bond acceptors (Lipinski definition) is 2. The lowest BCUT2D eigenvalue weighted by Gasteiger charge is -2.27. The largest absolute Gasteiger partial charge is 0.496 e. The highest BCUT2D eigenvalue weighted by Gasteiger charge is 2.22. The van der Waals surface area contributed by atoms with Crippen molar-refractivity contribution in [3.63, 3.8) is 0 Å². The fourth-order valence-corrected chi connectivity index (χ4v) is 1.60. The average molecular weight is 244 g/mol. The van der Waals surface area contributed by atoms with Gasteiger partial charge < -0.3 is 10.5 Å². The normalized spacial score (nSPS) is 12.9. The van der Waals surface area contributed by atoms with Crippen molar-refractivity contribution in [2.24, 2.45) is 11.1 Å². The highest BCUT2D eigenvalue weighted by Crippen LogP contribution is 2.32. The molecule has 1 aromatic carbocycles. The van der Waals surface area contributed by atoms with Crippen LogP contribution in [0.4, 0.5) is 0 Å². The van der Waals surface area contributed by atoms with Gasteiger partial charge in [-0.1, -0.05) is 32.9 Å². The van der Waals surface area contributed by atoms with Crippen molar-refractivity contribution < 1.29 is 4.74 Å². The maximum absolute atomic E-state index is 6.19. The van der Waals surface area contributed by atoms with E-state index in [4.69, 9.17) is 10.5 Å². The summed E-state index contributed by atoms with van der Waals surface area (Å²) < 4.78 is 5.22. The summed E-state index contributed by atoms with van der Waals surface area (Å²) in [7, 11) is 1.69. The number of hydrogen-bond donors (Lipinski definition) is 1. The zero-order chi connectivity index (χ0) is 11.6. The second kappa shape index (κ2) is 5.55. The van der Waals surface area contributed by atoms with Gasteiger partial charge in [0.2, 0.25) is 0 Å². The first-order valence-corrected chi connectivity index (χ1v) is 5.26. The van der Waals surface area contributed by atoms with Crippen LogP contribution in [0, 0.1) is 12.3 Å². The lowest BCUT2D eigenvalue weighted by atomic mass is 9.83. The summed E-state index contributed by atoms with van der Waals surface area (Å²) in [4.78, 5) is 0. The van der Waals surface area contributed by atoms with E-state index in [-0.39, 0.29) is 23.9 Å². The zero-order valence-corrected chi connectivity index (χ0v) is 11.5. The molecule has 2 nitrogen and oxygen atoms in total. The van der Waals surface area contributed by atoms with Gasteiger partial charge in [0, 0.05) is 6.04 Å². The van der Waals surface area contributed by atoms with Crippen LogP contribution >= 0.6 is 12.4 Å². The Kier molecular flexibility index (Phi) is 5.30. The number of halogens is 1. The van der Waals surface area contributed by atoms with Crippen LogP contribution in [0.25, 0.3) is 0 Å². The van der Waals surface area contributed by atoms with Crippen LogP contribution in [0.15, 0.2) is 18.2 Å². The number of methoxy groups -OCH3 is 1. The molecule has 0 radical (unpaired) electrons. The Morgan fingerprint density at radius 3 is 2.19 bits per heavy atom. The van der Waals surface area contributed by atoms with Gasteiger partial charge in [-0.25, -0.2) is 0 Å². The molecule has 1 atom stereocenters. The van der Waals surface area contributed by atoms with E-state index >= 15 is 0 Å². The van der Waals surface area contributed by atoms with Gasteiger partial charge in [-0.2, -0.15) is 0 Å². The Labute approximate surface area is 105 Å². The van der Waals surface area contributed by atoms with Crippen LogP contribution in [0.3, 0.4) is 0 Å². The zero-order valence-electron chi connectivity index (χ0n) is 10.7. The van der Waals surface area contributed by atoms with Crippen molar-refractivity contribution in [2.45, 2.75) is 33.7 Å². The Hall–Kier alpha value is -0.730. The Bertz CT molecular complexity index is 344. The molecule has 2 N–H and O–H groups in total. The van der Waals surface area contributed by atoms with E-state index in [2.05, 4.69) is 26.8 Å². The second-order valence-corrected chi connectivity index (χ2v) is 5.07. The van der Waals surface area contributed by atoms with Gasteiger partial charge in [0.15, 0.2) is 0 Å². The molecule has 16 heavy (non-hydrogen) atoms. The summed E-state index contributed by atoms with van der Waals surface area (Å²) in [6.07, 6.45) is 0. The molecule has 1 aromatic rings. The van der Waals surface area contributed by atoms with Crippen molar-refractivity contribution in [3.8, 4) is 5.75 Å². The maximum Gasteiger partial charge on any atom is 0.121 e. The lowest BCUT2D eigenvalue weighted by molar-refractivity contribution is 0.326. The Morgan fingerprint density at radius 2 is 1.81 bits per heavy atom. The minimum atomic E-state index is 0. The van der Waals surface area contributed by atoms with Crippen molar-refractivity contribution in [1.82, 2.24) is 0 Å². The van der Waals surface area contributed by atoms with Crippen LogP contribution in [0.1, 0.15) is 37.9 Å². The van der Waals surface area contributed by atoms with E-state index in [1.807, 2.05) is 19.1 Å². The van der Waals surface area contributed by atoms with Gasteiger partial charge in [-0.3, -0.25) is 0 Å². The molecule has 0 aliphatic rings. The second-order valence-electron chi connectivity index (χ2n) is 5.07. The average Bonchev–Trinajstić information content (AvgIpc) is 2.15. The maximum atomic E-state index is 6.19. The first kappa shape index (κ1) is 15.3. The third-order valence-corrected chi connectivity index (χ3v) is 2.71. The first-order valence-electron chi connectivity index (χ1n) is 5.26. The van der Waals surface area contributed by atoms with Gasteiger partial charge in [0.1, 0.15) is 5.75 Å². The number of benzene rings is 1. The van der Waals surface area contributed by atoms with E-state index in [0.717, 1.165) is 11.3 Å². The van der Waals surface area contributed by atoms with Crippen LogP contribution in [0.2, 0.25) is 0 Å². The van der Waals surface area contributed by atoms with Gasteiger partial charge in [-0.05, 0) is 29.5 Å². The predicted octanol–water partition coefficient (Wildman–Crippen LogP) is 3.47. The molecule has 0 amide bonds. The van der Waals surface area contributed by atoms with Crippen LogP contribution in [-0.2, 0) is 0 Å². The van der Waals surface area contributed by atoms with Crippen molar-refractivity contribution in [3.05, 3.63) is 29.3 Å². The number of rotatable bonds is 2. The Morgan fingerprint density at radius 1 is 1.25 bits per heavy atom. The molecule has 0 fully saturated rings. The van der Waals surface area contributed by atoms with E-state index < -0.39 is 0 Å². The summed E-state index contributed by atoms with van der Waals surface area (Å²) in [5.74, 6) is 0.917. The Balaban J connectivity index is 0.00000225. The molecule has 0 heterocycles. The minimum Gasteiger partial charge on any atom is -0.496 e. The molecule has 92 valence electrons. The summed E-state index contributed by atoms with van der Waals surface area (Å²) in [6.45, 7) is 8.49. The number of aryl methyl sites for hydroxylation is 1. The topological polar surface area (TPSA) is 35.2 Å². The highest BCUT2D eigenvalue weighted by atomic mass is 35.5. The summed E-state index contributed by atoms with van der Waals surface area (Å²) in [6, 6.07) is 6.19. The number of nitrogens with two attached hydrogens (primary N) is 1. The van der Waals surface area contributed by atoms with E-state index in [9.17, 15) is 0 Å². The van der Waals surface area contributed by atoms with E-state index in [1.165, 1.54) is 5.56 Å². The molecule has 3 heteroatoms. The van der Waals surface area contributed by atoms with Crippen molar-refractivity contribution >= 4 is 12.4 Å². The standard InChI is InChI=1S/C13H21NO.ClH/c1-9-8-10(6-7-11(9)15-5)12(14)13(2,3)4;/h6-8,12H,14H2,1-5H3;1H/t12-;/m1./s1. The van der Waals surface area contributed by atoms with Gasteiger partial charge in [-0.15, -0.1) is 12.4 Å². The van der Waals surface area contributed by atoms with Gasteiger partial charge in [0.05, 0.1) is 7.11 Å². The number of ether oxygens (including phenoxy) is 1. The fourth-order valence-electron chi connectivity index (χ4n) is 1.60. The van der Waals surface area contributed by atoms with Crippen molar-refractivity contribution in [2.75, 3.05) is 7.11 Å². The molecule has 0 aromatic heterocycles. The molecule has 0 saturated heterocycles. The SMILES string of the molecule is COc1ccc([C@@H](N)C(C)(C)C)cc1C.Cl. The highest BCUT2D eigenvalue weighted by molar-refractivity contribution is 5.85. The lowest BCUT2D eigenvalue weighted by Crippen LogP contribution is -2.26. The molecule has 0 unspecified atom stereocenters. The van der Waals surface area contributed by atoms with Gasteiger partial charge >= 0.3 is 0 Å². The van der Waals surface area contributed by atoms with Crippen LogP contribution in [0.5, 0.6) is 5.75 Å². The third kappa shape index (κ3) is 3.39. The molecule has 0 saturated carbocycles. The molecular weight excluding hydrogens is 222 g/mol. The van der Waals surface area contributed by atoms with Crippen LogP contribution in [-0.4, -0.2) is 7.11 Å². The molecule has 0 spiro atoms. The predicted molar refractivity (Wildman–Crippen MR) is 71.4 cm³/mol. The quantitative estimate of drug-likeness (QED) is 0.863. The monoisotopic (exact) mass is 243 g/mol. The van der Waals surface area contributed by atoms with E-state index in [0.29, 0.717) is 0 Å². The smallest absolute Gasteiger partial charge is 0.121 e. The van der Waals surface area contributed by atoms with E-state index in [1.54, 1.807) is 7.11 Å². The van der Waals surface area contributed by atoms with Crippen molar-refractivity contribution in [1.29, 1.82) is 0 Å². The molecule has 0 aliphatic carbocycles. The summed E-state index contributed by atoms with van der Waals surface area (Å²) in [5, 5.41) is 0. The molecule has 0 bridgehead atoms. The first-order chi connectivity index (χ1) is 6.86. The fraction of sp³-hybridized carbons (Fsp3) is 0.538. The summed E-state index contributed by atoms with van der Waals surface area (Å²) >= 11 is 0. The molecule has 1 rings (SSSR count). The van der Waals surface area contributed by atoms with Gasteiger partial charge in [0.25, 0.3) is 0 Å². The minimum absolute atomic E-state index is 0. The third-order valence-electron chi connectivity index (χ3n) is 2.71. The summed E-state index contributed by atoms with van der Waals surface area (Å²) in [5.41, 5.74) is 8.58. The van der Waals surface area contributed by atoms with Crippen LogP contribution < -0.4 is 10.5 Å². The molecular formula is C13H22ClNO.